The second kappa shape index (κ2) is 6.73. The number of ether oxygens (including phenoxy) is 3. The van der Waals surface area contributed by atoms with Crippen molar-refractivity contribution >= 4 is 0 Å². The van der Waals surface area contributed by atoms with Crippen molar-refractivity contribution in [3.8, 4) is 5.75 Å². The van der Waals surface area contributed by atoms with E-state index in [1.54, 1.807) is 0 Å². The molecule has 1 aliphatic heterocycles. The van der Waals surface area contributed by atoms with E-state index in [-0.39, 0.29) is 12.1 Å². The van der Waals surface area contributed by atoms with Crippen molar-refractivity contribution in [1.29, 1.82) is 0 Å². The molecule has 2 N–H and O–H groups in total. The zero-order valence-corrected chi connectivity index (χ0v) is 10.8. The lowest BCUT2D eigenvalue weighted by Gasteiger charge is -2.16. The quantitative estimate of drug-likeness (QED) is 0.839. The number of benzene rings is 1. The molecular weight excluding hydrogens is 230 g/mol. The fourth-order valence-corrected chi connectivity index (χ4v) is 1.96. The molecule has 4 heteroatoms. The van der Waals surface area contributed by atoms with Crippen LogP contribution in [0.5, 0.6) is 5.75 Å². The normalized spacial score (nSPS) is 20.9. The van der Waals surface area contributed by atoms with E-state index < -0.39 is 0 Å². The summed E-state index contributed by atoms with van der Waals surface area (Å²) in [5.74, 6) is 0.874. The largest absolute Gasteiger partial charge is 0.494 e. The Morgan fingerprint density at radius 3 is 2.78 bits per heavy atom. The van der Waals surface area contributed by atoms with Gasteiger partial charge in [0, 0.05) is 6.61 Å². The van der Waals surface area contributed by atoms with Gasteiger partial charge in [0.2, 0.25) is 0 Å². The number of hydrogen-bond acceptors (Lipinski definition) is 4. The van der Waals surface area contributed by atoms with Gasteiger partial charge in [-0.25, -0.2) is 0 Å². The fourth-order valence-electron chi connectivity index (χ4n) is 1.96. The van der Waals surface area contributed by atoms with Gasteiger partial charge >= 0.3 is 0 Å². The molecule has 0 aliphatic carbocycles. The highest BCUT2D eigenvalue weighted by Crippen LogP contribution is 2.18. The van der Waals surface area contributed by atoms with Crippen LogP contribution in [0, 0.1) is 0 Å². The molecule has 2 unspecified atom stereocenters. The zero-order valence-electron chi connectivity index (χ0n) is 10.8. The van der Waals surface area contributed by atoms with Gasteiger partial charge in [0.05, 0.1) is 32.0 Å². The second-order valence-corrected chi connectivity index (χ2v) is 4.43. The van der Waals surface area contributed by atoms with E-state index in [1.165, 1.54) is 0 Å². The van der Waals surface area contributed by atoms with Gasteiger partial charge in [0.25, 0.3) is 0 Å². The summed E-state index contributed by atoms with van der Waals surface area (Å²) < 4.78 is 16.4. The molecule has 4 nitrogen and oxygen atoms in total. The Balaban J connectivity index is 1.81. The van der Waals surface area contributed by atoms with Gasteiger partial charge in [-0.1, -0.05) is 12.1 Å². The Labute approximate surface area is 108 Å². The van der Waals surface area contributed by atoms with E-state index in [4.69, 9.17) is 19.9 Å². The molecule has 1 aromatic carbocycles. The van der Waals surface area contributed by atoms with Crippen molar-refractivity contribution in [2.24, 2.45) is 5.73 Å². The Hall–Kier alpha value is -1.10. The molecule has 1 aromatic rings. The number of hydrogen-bond donors (Lipinski definition) is 1. The molecule has 18 heavy (non-hydrogen) atoms. The lowest BCUT2D eigenvalue weighted by Crippen LogP contribution is -2.22. The van der Waals surface area contributed by atoms with Crippen LogP contribution in [0.3, 0.4) is 0 Å². The predicted octanol–water partition coefficient (Wildman–Crippen LogP) is 1.89. The number of nitrogens with two attached hydrogens (primary N) is 1. The van der Waals surface area contributed by atoms with Crippen molar-refractivity contribution in [2.45, 2.75) is 25.5 Å². The lowest BCUT2D eigenvalue weighted by molar-refractivity contribution is 0.0349. The van der Waals surface area contributed by atoms with Crippen molar-refractivity contribution in [1.82, 2.24) is 0 Å². The molecule has 2 rings (SSSR count). The van der Waals surface area contributed by atoms with Crippen LogP contribution in [0.15, 0.2) is 24.3 Å². The van der Waals surface area contributed by atoms with Crippen molar-refractivity contribution in [2.75, 3.05) is 26.4 Å². The van der Waals surface area contributed by atoms with E-state index in [0.29, 0.717) is 19.8 Å². The van der Waals surface area contributed by atoms with Gasteiger partial charge in [0.15, 0.2) is 0 Å². The minimum atomic E-state index is -0.0960. The van der Waals surface area contributed by atoms with Crippen molar-refractivity contribution in [3.63, 3.8) is 0 Å². The Morgan fingerprint density at radius 1 is 1.39 bits per heavy atom. The van der Waals surface area contributed by atoms with E-state index >= 15 is 0 Å². The average molecular weight is 251 g/mol. The molecular formula is C14H21NO3. The first-order valence-corrected chi connectivity index (χ1v) is 6.47. The maximum Gasteiger partial charge on any atom is 0.119 e. The standard InChI is InChI=1S/C14H21NO3/c1-2-17-12-5-3-11(4-6-12)14(15)10-18-13-7-8-16-9-13/h3-6,13-14H,2,7-10,15H2,1H3. The molecule has 2 atom stereocenters. The van der Waals surface area contributed by atoms with Crippen LogP contribution in [0.4, 0.5) is 0 Å². The number of rotatable bonds is 6. The fraction of sp³-hybridized carbons (Fsp3) is 0.571. The first-order valence-electron chi connectivity index (χ1n) is 6.47. The third-order valence-corrected chi connectivity index (χ3v) is 3.02. The maximum atomic E-state index is 6.09. The Kier molecular flexibility index (Phi) is 4.99. The monoisotopic (exact) mass is 251 g/mol. The third kappa shape index (κ3) is 3.70. The molecule has 0 bridgehead atoms. The minimum Gasteiger partial charge on any atom is -0.494 e. The van der Waals surface area contributed by atoms with Crippen LogP contribution in [0.1, 0.15) is 24.9 Å². The second-order valence-electron chi connectivity index (χ2n) is 4.43. The Bertz CT molecular complexity index is 347. The van der Waals surface area contributed by atoms with E-state index in [1.807, 2.05) is 31.2 Å². The van der Waals surface area contributed by atoms with Gasteiger partial charge in [-0.2, -0.15) is 0 Å². The molecule has 1 saturated heterocycles. The predicted molar refractivity (Wildman–Crippen MR) is 69.7 cm³/mol. The highest BCUT2D eigenvalue weighted by atomic mass is 16.5. The molecule has 0 radical (unpaired) electrons. The first-order chi connectivity index (χ1) is 8.79. The van der Waals surface area contributed by atoms with Gasteiger partial charge in [0.1, 0.15) is 5.75 Å². The summed E-state index contributed by atoms with van der Waals surface area (Å²) in [4.78, 5) is 0. The van der Waals surface area contributed by atoms with Crippen LogP contribution < -0.4 is 10.5 Å². The average Bonchev–Trinajstić information content (AvgIpc) is 2.90. The highest BCUT2D eigenvalue weighted by Gasteiger charge is 2.17. The molecule has 1 fully saturated rings. The lowest BCUT2D eigenvalue weighted by atomic mass is 10.1. The summed E-state index contributed by atoms with van der Waals surface area (Å²) in [5.41, 5.74) is 7.16. The van der Waals surface area contributed by atoms with Gasteiger partial charge < -0.3 is 19.9 Å². The SMILES string of the molecule is CCOc1ccc(C(N)COC2CCOC2)cc1. The van der Waals surface area contributed by atoms with E-state index in [9.17, 15) is 0 Å². The zero-order chi connectivity index (χ0) is 12.8. The molecule has 1 heterocycles. The van der Waals surface area contributed by atoms with E-state index in [2.05, 4.69) is 0 Å². The van der Waals surface area contributed by atoms with Gasteiger partial charge in [-0.3, -0.25) is 0 Å². The molecule has 100 valence electrons. The Morgan fingerprint density at radius 2 is 2.17 bits per heavy atom. The smallest absolute Gasteiger partial charge is 0.119 e. The van der Waals surface area contributed by atoms with Crippen LogP contribution in [-0.4, -0.2) is 32.5 Å². The summed E-state index contributed by atoms with van der Waals surface area (Å²) >= 11 is 0. The van der Waals surface area contributed by atoms with Crippen LogP contribution in [0.2, 0.25) is 0 Å². The molecule has 0 aromatic heterocycles. The topological polar surface area (TPSA) is 53.7 Å². The molecule has 0 saturated carbocycles. The third-order valence-electron chi connectivity index (χ3n) is 3.02. The summed E-state index contributed by atoms with van der Waals surface area (Å²) in [7, 11) is 0. The molecule has 1 aliphatic rings. The molecule has 0 amide bonds. The molecule has 0 spiro atoms. The summed E-state index contributed by atoms with van der Waals surface area (Å²) in [6, 6.07) is 7.77. The minimum absolute atomic E-state index is 0.0960. The van der Waals surface area contributed by atoms with Crippen molar-refractivity contribution in [3.05, 3.63) is 29.8 Å². The van der Waals surface area contributed by atoms with Gasteiger partial charge in [-0.05, 0) is 31.0 Å². The summed E-state index contributed by atoms with van der Waals surface area (Å²) in [6.07, 6.45) is 1.18. The van der Waals surface area contributed by atoms with E-state index in [0.717, 1.165) is 24.3 Å². The maximum absolute atomic E-state index is 6.09. The first kappa shape index (κ1) is 13.3. The highest BCUT2D eigenvalue weighted by molar-refractivity contribution is 5.29. The van der Waals surface area contributed by atoms with Crippen LogP contribution in [-0.2, 0) is 9.47 Å². The van der Waals surface area contributed by atoms with Crippen molar-refractivity contribution < 1.29 is 14.2 Å². The van der Waals surface area contributed by atoms with Gasteiger partial charge in [-0.15, -0.1) is 0 Å². The summed E-state index contributed by atoms with van der Waals surface area (Å²) in [5, 5.41) is 0. The summed E-state index contributed by atoms with van der Waals surface area (Å²) in [6.45, 7) is 4.66. The van der Waals surface area contributed by atoms with Crippen LogP contribution >= 0.6 is 0 Å². The van der Waals surface area contributed by atoms with Crippen LogP contribution in [0.25, 0.3) is 0 Å².